The van der Waals surface area contributed by atoms with Crippen LogP contribution in [0.3, 0.4) is 0 Å². The van der Waals surface area contributed by atoms with Crippen LogP contribution in [0.15, 0.2) is 18.2 Å². The highest BCUT2D eigenvalue weighted by molar-refractivity contribution is 5.81. The van der Waals surface area contributed by atoms with Gasteiger partial charge in [-0.2, -0.15) is 0 Å². The van der Waals surface area contributed by atoms with E-state index >= 15 is 0 Å². The molecule has 0 spiro atoms. The number of rotatable bonds is 12. The molecule has 0 saturated heterocycles. The first-order valence-corrected chi connectivity index (χ1v) is 13.2. The molecule has 3 N–H and O–H groups in total. The van der Waals surface area contributed by atoms with Gasteiger partial charge in [-0.15, -0.1) is 0 Å². The Morgan fingerprint density at radius 1 is 0.872 bits per heavy atom. The van der Waals surface area contributed by atoms with Crippen molar-refractivity contribution >= 4 is 24.1 Å². The lowest BCUT2D eigenvalue weighted by molar-refractivity contribution is -0.147. The number of hydrogen-bond donors (Lipinski definition) is 2. The van der Waals surface area contributed by atoms with Crippen molar-refractivity contribution in [2.75, 3.05) is 0 Å². The molecule has 1 aromatic rings. The third-order valence-electron chi connectivity index (χ3n) is 6.67. The molecule has 1 rings (SSSR count). The van der Waals surface area contributed by atoms with E-state index in [1.807, 2.05) is 13.8 Å². The Bertz CT molecular complexity index is 1040. The molecular weight excluding hydrogens is 506 g/mol. The molecule has 39 heavy (non-hydrogen) atoms. The van der Waals surface area contributed by atoms with Crippen LogP contribution in [-0.2, 0) is 23.9 Å². The first-order chi connectivity index (χ1) is 17.7. The predicted molar refractivity (Wildman–Crippen MR) is 146 cm³/mol. The minimum atomic E-state index is -1.38. The van der Waals surface area contributed by atoms with Crippen LogP contribution in [0.2, 0.25) is 0 Å². The zero-order valence-electron chi connectivity index (χ0n) is 24.9. The molecule has 0 radical (unpaired) electrons. The average molecular weight is 552 g/mol. The van der Waals surface area contributed by atoms with Crippen molar-refractivity contribution in [2.24, 2.45) is 16.6 Å². The van der Waals surface area contributed by atoms with E-state index in [0.717, 1.165) is 0 Å². The zero-order chi connectivity index (χ0) is 30.3. The number of ether oxygens (including phenoxy) is 4. The molecule has 220 valence electrons. The highest BCUT2D eigenvalue weighted by Gasteiger charge is 2.34. The molecule has 0 aliphatic rings. The maximum absolute atomic E-state index is 12.9. The number of carboxylic acids is 1. The van der Waals surface area contributed by atoms with Gasteiger partial charge in [0.05, 0.1) is 10.8 Å². The molecule has 0 bridgehead atoms. The van der Waals surface area contributed by atoms with Crippen molar-refractivity contribution in [3.8, 4) is 11.5 Å². The summed E-state index contributed by atoms with van der Waals surface area (Å²) in [5.41, 5.74) is 4.07. The molecule has 0 aromatic heterocycles. The number of benzene rings is 1. The Morgan fingerprint density at radius 3 is 1.79 bits per heavy atom. The SMILES string of the molecule is CCC(C)(C)C(=O)Oc1ccc(C(CC(C)OC(=O)OC(C)(C)C)[C@H](N)C(=O)O)cc1OC(=O)C(C)(C)CC. The fourth-order valence-corrected chi connectivity index (χ4v) is 3.19. The van der Waals surface area contributed by atoms with Crippen LogP contribution in [0.25, 0.3) is 0 Å². The maximum atomic E-state index is 12.9. The minimum absolute atomic E-state index is 0.0197. The standard InChI is InChI=1S/C29H45NO9/c1-11-28(7,8)24(33)37-20-14-13-18(16-21(20)38-25(34)29(9,10)12-2)19(22(30)23(31)32)15-17(3)36-26(35)39-27(4,5)6/h13-14,16-17,19,22H,11-12,15,30H2,1-10H3,(H,31,32)/t17?,19?,22-/m0/s1. The predicted octanol–water partition coefficient (Wildman–Crippen LogP) is 5.60. The molecule has 2 unspecified atom stereocenters. The number of esters is 2. The third-order valence-corrected chi connectivity index (χ3v) is 6.67. The van der Waals surface area contributed by atoms with Gasteiger partial charge in [0.1, 0.15) is 17.7 Å². The van der Waals surface area contributed by atoms with E-state index in [0.29, 0.717) is 18.4 Å². The Kier molecular flexibility index (Phi) is 11.5. The van der Waals surface area contributed by atoms with E-state index < -0.39 is 58.6 Å². The van der Waals surface area contributed by atoms with Gasteiger partial charge in [-0.3, -0.25) is 14.4 Å². The minimum Gasteiger partial charge on any atom is -0.480 e. The van der Waals surface area contributed by atoms with Gasteiger partial charge in [0.15, 0.2) is 11.5 Å². The van der Waals surface area contributed by atoms with E-state index in [1.54, 1.807) is 61.5 Å². The maximum Gasteiger partial charge on any atom is 0.509 e. The van der Waals surface area contributed by atoms with Crippen LogP contribution >= 0.6 is 0 Å². The Hall–Kier alpha value is -3.14. The normalized spacial score (nSPS) is 14.5. The summed E-state index contributed by atoms with van der Waals surface area (Å²) >= 11 is 0. The van der Waals surface area contributed by atoms with Crippen molar-refractivity contribution in [1.29, 1.82) is 0 Å². The summed E-state index contributed by atoms with van der Waals surface area (Å²) in [4.78, 5) is 49.8. The lowest BCUT2D eigenvalue weighted by Gasteiger charge is -2.27. The monoisotopic (exact) mass is 551 g/mol. The Morgan fingerprint density at radius 2 is 1.36 bits per heavy atom. The van der Waals surface area contributed by atoms with Crippen LogP contribution in [-0.4, -0.2) is 46.9 Å². The largest absolute Gasteiger partial charge is 0.509 e. The summed E-state index contributed by atoms with van der Waals surface area (Å²) in [5.74, 6) is -3.20. The summed E-state index contributed by atoms with van der Waals surface area (Å²) in [5, 5.41) is 9.69. The van der Waals surface area contributed by atoms with Gasteiger partial charge >= 0.3 is 24.1 Å². The second kappa shape index (κ2) is 13.3. The van der Waals surface area contributed by atoms with E-state index in [2.05, 4.69) is 0 Å². The molecule has 0 heterocycles. The molecule has 0 aliphatic heterocycles. The molecule has 3 atom stereocenters. The van der Waals surface area contributed by atoms with Crippen LogP contribution in [0.5, 0.6) is 11.5 Å². The highest BCUT2D eigenvalue weighted by atomic mass is 16.7. The van der Waals surface area contributed by atoms with E-state index in [1.165, 1.54) is 12.1 Å². The quantitative estimate of drug-likeness (QED) is 0.248. The summed E-state index contributed by atoms with van der Waals surface area (Å²) in [6.07, 6.45) is -0.608. The van der Waals surface area contributed by atoms with Gasteiger partial charge in [-0.05, 0) is 92.3 Å². The van der Waals surface area contributed by atoms with E-state index in [9.17, 15) is 24.3 Å². The number of carbonyl (C=O) groups excluding carboxylic acids is 3. The van der Waals surface area contributed by atoms with Crippen LogP contribution in [0.4, 0.5) is 4.79 Å². The molecule has 10 nitrogen and oxygen atoms in total. The van der Waals surface area contributed by atoms with Gasteiger partial charge < -0.3 is 29.8 Å². The van der Waals surface area contributed by atoms with Crippen molar-refractivity contribution in [1.82, 2.24) is 0 Å². The molecule has 10 heteroatoms. The lowest BCUT2D eigenvalue weighted by Crippen LogP contribution is -2.38. The molecule has 0 saturated carbocycles. The number of aliphatic carboxylic acids is 1. The van der Waals surface area contributed by atoms with Gasteiger partial charge in [0.25, 0.3) is 0 Å². The zero-order valence-corrected chi connectivity index (χ0v) is 24.9. The summed E-state index contributed by atoms with van der Waals surface area (Å²) in [7, 11) is 0. The molecule has 0 fully saturated rings. The Balaban J connectivity index is 3.48. The molecule has 0 amide bonds. The molecular formula is C29H45NO9. The van der Waals surface area contributed by atoms with Crippen LogP contribution in [0.1, 0.15) is 100.0 Å². The fourth-order valence-electron chi connectivity index (χ4n) is 3.19. The van der Waals surface area contributed by atoms with Gasteiger partial charge in [0.2, 0.25) is 0 Å². The lowest BCUT2D eigenvalue weighted by atomic mass is 9.86. The first kappa shape index (κ1) is 33.9. The Labute approximate surface area is 231 Å². The van der Waals surface area contributed by atoms with Crippen molar-refractivity contribution in [3.63, 3.8) is 0 Å². The number of hydrogen-bond acceptors (Lipinski definition) is 9. The first-order valence-electron chi connectivity index (χ1n) is 13.2. The second-order valence-electron chi connectivity index (χ2n) is 12.1. The van der Waals surface area contributed by atoms with E-state index in [-0.39, 0.29) is 17.9 Å². The number of nitrogens with two attached hydrogens (primary N) is 1. The fraction of sp³-hybridized carbons (Fsp3) is 0.655. The number of carbonyl (C=O) groups is 4. The van der Waals surface area contributed by atoms with Crippen molar-refractivity contribution in [3.05, 3.63) is 23.8 Å². The smallest absolute Gasteiger partial charge is 0.480 e. The van der Waals surface area contributed by atoms with Gasteiger partial charge in [-0.1, -0.05) is 19.9 Å². The third kappa shape index (κ3) is 10.2. The summed E-state index contributed by atoms with van der Waals surface area (Å²) in [6.45, 7) is 17.3. The highest BCUT2D eigenvalue weighted by Crippen LogP contribution is 2.37. The molecule has 1 aromatic carbocycles. The average Bonchev–Trinajstić information content (AvgIpc) is 2.81. The topological polar surface area (TPSA) is 151 Å². The van der Waals surface area contributed by atoms with Gasteiger partial charge in [0, 0.05) is 5.92 Å². The van der Waals surface area contributed by atoms with Crippen LogP contribution < -0.4 is 15.2 Å². The number of carboxylic acid groups (broad SMARTS) is 1. The summed E-state index contributed by atoms with van der Waals surface area (Å²) in [6, 6.07) is 3.07. The van der Waals surface area contributed by atoms with Crippen molar-refractivity contribution in [2.45, 2.75) is 112 Å². The van der Waals surface area contributed by atoms with Gasteiger partial charge in [-0.25, -0.2) is 4.79 Å². The summed E-state index contributed by atoms with van der Waals surface area (Å²) < 4.78 is 21.8. The van der Waals surface area contributed by atoms with Crippen LogP contribution in [0, 0.1) is 10.8 Å². The van der Waals surface area contributed by atoms with E-state index in [4.69, 9.17) is 24.7 Å². The molecule has 0 aliphatic carbocycles. The van der Waals surface area contributed by atoms with Crippen molar-refractivity contribution < 1.29 is 43.2 Å². The second-order valence-corrected chi connectivity index (χ2v) is 12.1.